The number of halogens is 2. The van der Waals surface area contributed by atoms with Crippen molar-refractivity contribution in [3.05, 3.63) is 95.1 Å². The SMILES string of the molecule is O=C1C(=O)N(CCc2cnc[nH]2)C(c2ccc(F)cc2)/C1=C(/O)c1ccc(F)cc1. The number of H-pyrrole nitrogens is 1. The van der Waals surface area contributed by atoms with Crippen molar-refractivity contribution in [1.29, 1.82) is 0 Å². The molecule has 30 heavy (non-hydrogen) atoms. The first kappa shape index (κ1) is 19.5. The lowest BCUT2D eigenvalue weighted by Gasteiger charge is -2.25. The van der Waals surface area contributed by atoms with Crippen molar-refractivity contribution in [3.8, 4) is 0 Å². The summed E-state index contributed by atoms with van der Waals surface area (Å²) in [5.41, 5.74) is 1.33. The number of benzene rings is 2. The Hall–Kier alpha value is -3.81. The molecule has 1 atom stereocenters. The van der Waals surface area contributed by atoms with E-state index in [0.29, 0.717) is 12.0 Å². The van der Waals surface area contributed by atoms with E-state index >= 15 is 0 Å². The smallest absolute Gasteiger partial charge is 0.295 e. The lowest BCUT2D eigenvalue weighted by molar-refractivity contribution is -0.139. The van der Waals surface area contributed by atoms with Crippen LogP contribution in [-0.2, 0) is 16.0 Å². The number of amides is 1. The first-order valence-corrected chi connectivity index (χ1v) is 9.23. The molecule has 6 nitrogen and oxygen atoms in total. The molecule has 3 aromatic rings. The van der Waals surface area contributed by atoms with Gasteiger partial charge >= 0.3 is 0 Å². The molecule has 0 spiro atoms. The minimum Gasteiger partial charge on any atom is -0.507 e. The number of rotatable bonds is 5. The van der Waals surface area contributed by atoms with Crippen LogP contribution in [0, 0.1) is 11.6 Å². The van der Waals surface area contributed by atoms with Gasteiger partial charge in [0.05, 0.1) is 17.9 Å². The average molecular weight is 409 g/mol. The first-order chi connectivity index (χ1) is 14.5. The van der Waals surface area contributed by atoms with E-state index in [1.807, 2.05) is 0 Å². The van der Waals surface area contributed by atoms with Crippen molar-refractivity contribution in [2.75, 3.05) is 6.54 Å². The summed E-state index contributed by atoms with van der Waals surface area (Å²) >= 11 is 0. The number of likely N-dealkylation sites (tertiary alicyclic amines) is 1. The summed E-state index contributed by atoms with van der Waals surface area (Å²) in [5, 5.41) is 10.8. The van der Waals surface area contributed by atoms with Crippen LogP contribution in [0.3, 0.4) is 0 Å². The summed E-state index contributed by atoms with van der Waals surface area (Å²) in [4.78, 5) is 33.8. The molecule has 2 heterocycles. The highest BCUT2D eigenvalue weighted by atomic mass is 19.1. The number of Topliss-reactive ketones (excluding diaryl/α,β-unsaturated/α-hetero) is 1. The van der Waals surface area contributed by atoms with E-state index in [1.54, 1.807) is 6.20 Å². The highest BCUT2D eigenvalue weighted by Crippen LogP contribution is 2.39. The molecule has 1 amide bonds. The van der Waals surface area contributed by atoms with Gasteiger partial charge in [-0.15, -0.1) is 0 Å². The fourth-order valence-electron chi connectivity index (χ4n) is 3.53. The molecule has 1 fully saturated rings. The minimum atomic E-state index is -0.904. The number of carbonyl (C=O) groups excluding carboxylic acids is 2. The molecule has 1 aromatic heterocycles. The molecule has 0 radical (unpaired) electrons. The summed E-state index contributed by atoms with van der Waals surface area (Å²) in [6.07, 6.45) is 3.53. The number of aliphatic hydroxyl groups excluding tert-OH is 1. The van der Waals surface area contributed by atoms with E-state index in [-0.39, 0.29) is 17.7 Å². The lowest BCUT2D eigenvalue weighted by Crippen LogP contribution is -2.31. The van der Waals surface area contributed by atoms with Crippen LogP contribution in [0.2, 0.25) is 0 Å². The summed E-state index contributed by atoms with van der Waals surface area (Å²) in [6.45, 7) is 0.176. The predicted octanol–water partition coefficient (Wildman–Crippen LogP) is 3.35. The zero-order valence-electron chi connectivity index (χ0n) is 15.7. The van der Waals surface area contributed by atoms with Gasteiger partial charge in [-0.05, 0) is 42.0 Å². The van der Waals surface area contributed by atoms with Gasteiger partial charge in [-0.25, -0.2) is 13.8 Å². The summed E-state index contributed by atoms with van der Waals surface area (Å²) in [7, 11) is 0. The quantitative estimate of drug-likeness (QED) is 0.384. The third-order valence-corrected chi connectivity index (χ3v) is 5.02. The molecular formula is C22H17F2N3O3. The van der Waals surface area contributed by atoms with Crippen molar-refractivity contribution in [1.82, 2.24) is 14.9 Å². The van der Waals surface area contributed by atoms with Gasteiger partial charge < -0.3 is 15.0 Å². The van der Waals surface area contributed by atoms with E-state index < -0.39 is 35.1 Å². The third kappa shape index (κ3) is 3.59. The van der Waals surface area contributed by atoms with E-state index in [0.717, 1.165) is 17.8 Å². The van der Waals surface area contributed by atoms with E-state index in [9.17, 15) is 23.5 Å². The monoisotopic (exact) mass is 409 g/mol. The molecule has 0 bridgehead atoms. The summed E-state index contributed by atoms with van der Waals surface area (Å²) < 4.78 is 26.7. The van der Waals surface area contributed by atoms with Crippen LogP contribution in [0.25, 0.3) is 5.76 Å². The Kier molecular flexibility index (Phi) is 5.14. The van der Waals surface area contributed by atoms with Gasteiger partial charge in [-0.3, -0.25) is 9.59 Å². The largest absolute Gasteiger partial charge is 0.507 e. The number of imidazole rings is 1. The molecule has 1 aliphatic rings. The first-order valence-electron chi connectivity index (χ1n) is 9.23. The number of aromatic nitrogens is 2. The molecule has 1 aliphatic heterocycles. The van der Waals surface area contributed by atoms with Crippen LogP contribution in [0.15, 0.2) is 66.6 Å². The van der Waals surface area contributed by atoms with Crippen molar-refractivity contribution in [3.63, 3.8) is 0 Å². The zero-order valence-corrected chi connectivity index (χ0v) is 15.7. The average Bonchev–Trinajstić information content (AvgIpc) is 3.34. The summed E-state index contributed by atoms with van der Waals surface area (Å²) in [6, 6.07) is 9.42. The molecule has 1 unspecified atom stereocenters. The van der Waals surface area contributed by atoms with Crippen molar-refractivity contribution >= 4 is 17.4 Å². The maximum Gasteiger partial charge on any atom is 0.295 e. The van der Waals surface area contributed by atoms with E-state index in [1.165, 1.54) is 47.6 Å². The Balaban J connectivity index is 1.79. The number of hydrogen-bond acceptors (Lipinski definition) is 4. The number of aromatic amines is 1. The predicted molar refractivity (Wildman–Crippen MR) is 104 cm³/mol. The van der Waals surface area contributed by atoms with Crippen LogP contribution >= 0.6 is 0 Å². The van der Waals surface area contributed by atoms with Crippen molar-refractivity contribution in [2.45, 2.75) is 12.5 Å². The van der Waals surface area contributed by atoms with Crippen LogP contribution in [-0.4, -0.2) is 38.2 Å². The zero-order chi connectivity index (χ0) is 21.3. The van der Waals surface area contributed by atoms with Gasteiger partial charge in [0, 0.05) is 30.4 Å². The van der Waals surface area contributed by atoms with Crippen LogP contribution in [0.4, 0.5) is 8.78 Å². The van der Waals surface area contributed by atoms with Gasteiger partial charge in [0.2, 0.25) is 0 Å². The van der Waals surface area contributed by atoms with Crippen molar-refractivity contribution < 1.29 is 23.5 Å². The summed E-state index contributed by atoms with van der Waals surface area (Å²) in [5.74, 6) is -3.00. The van der Waals surface area contributed by atoms with Gasteiger partial charge in [-0.1, -0.05) is 12.1 Å². The second-order valence-electron chi connectivity index (χ2n) is 6.88. The minimum absolute atomic E-state index is 0.122. The van der Waals surface area contributed by atoms with Crippen LogP contribution < -0.4 is 0 Å². The van der Waals surface area contributed by atoms with Crippen LogP contribution in [0.5, 0.6) is 0 Å². The van der Waals surface area contributed by atoms with Crippen molar-refractivity contribution in [2.24, 2.45) is 0 Å². The van der Waals surface area contributed by atoms with E-state index in [4.69, 9.17) is 0 Å². The molecule has 1 saturated heterocycles. The standard InChI is InChI=1S/C22H17F2N3O3/c23-15-5-1-13(2-6-15)19-18(20(28)14-3-7-16(24)8-4-14)21(29)22(30)27(19)10-9-17-11-25-12-26-17/h1-8,11-12,19,28H,9-10H2,(H,25,26)/b20-18-. The molecule has 2 N–H and O–H groups in total. The molecule has 152 valence electrons. The molecular weight excluding hydrogens is 392 g/mol. The topological polar surface area (TPSA) is 86.3 Å². The Morgan fingerprint density at radius 2 is 1.67 bits per heavy atom. The normalized spacial score (nSPS) is 18.2. The van der Waals surface area contributed by atoms with Gasteiger partial charge in [0.1, 0.15) is 17.4 Å². The maximum atomic E-state index is 13.5. The fraction of sp³-hybridized carbons (Fsp3) is 0.136. The fourth-order valence-corrected chi connectivity index (χ4v) is 3.53. The Morgan fingerprint density at radius 1 is 1.03 bits per heavy atom. The highest BCUT2D eigenvalue weighted by Gasteiger charge is 2.45. The lowest BCUT2D eigenvalue weighted by atomic mass is 9.95. The highest BCUT2D eigenvalue weighted by molar-refractivity contribution is 6.46. The number of ketones is 1. The third-order valence-electron chi connectivity index (χ3n) is 5.02. The molecule has 0 aliphatic carbocycles. The Morgan fingerprint density at radius 3 is 2.27 bits per heavy atom. The molecule has 0 saturated carbocycles. The second kappa shape index (κ2) is 7.90. The molecule has 2 aromatic carbocycles. The molecule has 8 heteroatoms. The van der Waals surface area contributed by atoms with Gasteiger partial charge in [-0.2, -0.15) is 0 Å². The number of aliphatic hydroxyl groups is 1. The number of nitrogens with one attached hydrogen (secondary N) is 1. The number of carbonyl (C=O) groups is 2. The molecule has 4 rings (SSSR count). The van der Waals surface area contributed by atoms with Crippen LogP contribution in [0.1, 0.15) is 22.9 Å². The number of nitrogens with zero attached hydrogens (tertiary/aromatic N) is 2. The Bertz CT molecular complexity index is 1110. The second-order valence-corrected chi connectivity index (χ2v) is 6.88. The van der Waals surface area contributed by atoms with Gasteiger partial charge in [0.25, 0.3) is 11.7 Å². The maximum absolute atomic E-state index is 13.5. The number of hydrogen-bond donors (Lipinski definition) is 2. The Labute approximate surface area is 170 Å². The van der Waals surface area contributed by atoms with Gasteiger partial charge in [0.15, 0.2) is 0 Å². The van der Waals surface area contributed by atoms with E-state index in [2.05, 4.69) is 9.97 Å².